The number of piperazine rings is 1. The van der Waals surface area contributed by atoms with E-state index in [2.05, 4.69) is 20.8 Å². The van der Waals surface area contributed by atoms with Crippen molar-refractivity contribution in [1.29, 1.82) is 0 Å². The van der Waals surface area contributed by atoms with E-state index in [1.165, 1.54) is 9.21 Å². The maximum atomic E-state index is 13.5. The first-order valence-corrected chi connectivity index (χ1v) is 14.6. The summed E-state index contributed by atoms with van der Waals surface area (Å²) in [7, 11) is -3.60. The van der Waals surface area contributed by atoms with E-state index >= 15 is 0 Å². The van der Waals surface area contributed by atoms with Crippen LogP contribution in [-0.2, 0) is 10.0 Å². The molecule has 2 aliphatic rings. The van der Waals surface area contributed by atoms with Crippen molar-refractivity contribution in [3.8, 4) is 0 Å². The number of sulfonamides is 1. The number of carbonyl (C=O) groups is 2. The van der Waals surface area contributed by atoms with E-state index in [4.69, 9.17) is 11.6 Å². The lowest BCUT2D eigenvalue weighted by Crippen LogP contribution is -2.48. The van der Waals surface area contributed by atoms with E-state index in [-0.39, 0.29) is 4.90 Å². The predicted molar refractivity (Wildman–Crippen MR) is 152 cm³/mol. The molecule has 2 aliphatic heterocycles. The van der Waals surface area contributed by atoms with Crippen LogP contribution in [0, 0.1) is 0 Å². The van der Waals surface area contributed by atoms with Gasteiger partial charge in [-0.05, 0) is 66.7 Å². The summed E-state index contributed by atoms with van der Waals surface area (Å²) in [5.41, 5.74) is 2.22. The predicted octanol–water partition coefficient (Wildman–Crippen LogP) is 5.57. The molecule has 0 saturated carbocycles. The van der Waals surface area contributed by atoms with Gasteiger partial charge in [-0.15, -0.1) is 0 Å². The summed E-state index contributed by atoms with van der Waals surface area (Å²) < 4.78 is 28.6. The number of hydrogen-bond acceptors (Lipinski definition) is 5. The van der Waals surface area contributed by atoms with Gasteiger partial charge < -0.3 is 4.90 Å². The van der Waals surface area contributed by atoms with Gasteiger partial charge in [0.05, 0.1) is 10.6 Å². The summed E-state index contributed by atoms with van der Waals surface area (Å²) in [6, 6.07) is 22.3. The molecule has 38 heavy (non-hydrogen) atoms. The van der Waals surface area contributed by atoms with Gasteiger partial charge >= 0.3 is 0 Å². The van der Waals surface area contributed by atoms with Crippen LogP contribution in [0.3, 0.4) is 0 Å². The molecule has 0 atom stereocenters. The quantitative estimate of drug-likeness (QED) is 0.283. The summed E-state index contributed by atoms with van der Waals surface area (Å²) in [6.45, 7) is 1.60. The zero-order chi connectivity index (χ0) is 26.6. The highest BCUT2D eigenvalue weighted by atomic mass is 79.9. The number of anilines is 2. The van der Waals surface area contributed by atoms with Crippen LogP contribution in [0.2, 0.25) is 5.02 Å². The summed E-state index contributed by atoms with van der Waals surface area (Å²) >= 11 is 9.34. The second kappa shape index (κ2) is 9.50. The number of imide groups is 1. The van der Waals surface area contributed by atoms with E-state index in [1.54, 1.807) is 60.7 Å². The lowest BCUT2D eigenvalue weighted by molar-refractivity contribution is 0.0893. The zero-order valence-corrected chi connectivity index (χ0v) is 23.1. The fourth-order valence-corrected chi connectivity index (χ4v) is 6.92. The summed E-state index contributed by atoms with van der Waals surface area (Å²) in [6.07, 6.45) is 0. The molecule has 4 aromatic carbocycles. The Kier molecular flexibility index (Phi) is 6.26. The molecule has 2 heterocycles. The van der Waals surface area contributed by atoms with Crippen LogP contribution in [0.5, 0.6) is 0 Å². The number of halogens is 2. The standard InChI is InChI=1S/C28H21BrClN3O4S/c29-18-4-10-21(11-5-18)38(36,37)32-16-14-31(15-17-32)25-13-12-24-26-22(25)2-1-3-23(26)27(34)33(28(24)35)20-8-6-19(30)7-9-20/h1-13H,14-17H2. The molecule has 4 aromatic rings. The van der Waals surface area contributed by atoms with Crippen LogP contribution in [0.15, 0.2) is 88.2 Å². The van der Waals surface area contributed by atoms with Crippen LogP contribution >= 0.6 is 27.5 Å². The van der Waals surface area contributed by atoms with Gasteiger partial charge in [0, 0.05) is 63.3 Å². The molecule has 0 spiro atoms. The first kappa shape index (κ1) is 25.1. The van der Waals surface area contributed by atoms with E-state index in [1.807, 2.05) is 18.2 Å². The molecule has 0 bridgehead atoms. The molecular weight excluding hydrogens is 590 g/mol. The van der Waals surface area contributed by atoms with E-state index < -0.39 is 21.8 Å². The Morgan fingerprint density at radius 1 is 0.737 bits per heavy atom. The van der Waals surface area contributed by atoms with Gasteiger partial charge in [0.15, 0.2) is 0 Å². The summed E-state index contributed by atoms with van der Waals surface area (Å²) in [4.78, 5) is 30.5. The lowest BCUT2D eigenvalue weighted by atomic mass is 9.92. The fourth-order valence-electron chi connectivity index (χ4n) is 5.11. The monoisotopic (exact) mass is 609 g/mol. The molecular formula is C28H21BrClN3O4S. The smallest absolute Gasteiger partial charge is 0.265 e. The van der Waals surface area contributed by atoms with E-state index in [9.17, 15) is 18.0 Å². The van der Waals surface area contributed by atoms with Crippen LogP contribution in [0.25, 0.3) is 10.8 Å². The molecule has 0 radical (unpaired) electrons. The molecule has 6 rings (SSSR count). The van der Waals surface area contributed by atoms with Gasteiger partial charge in [0.2, 0.25) is 10.0 Å². The van der Waals surface area contributed by atoms with E-state index in [0.717, 1.165) is 15.5 Å². The van der Waals surface area contributed by atoms with Crippen molar-refractivity contribution >= 4 is 71.5 Å². The fraction of sp³-hybridized carbons (Fsp3) is 0.143. The number of carbonyl (C=O) groups excluding carboxylic acids is 2. The van der Waals surface area contributed by atoms with Crippen molar-refractivity contribution in [1.82, 2.24) is 4.31 Å². The minimum atomic E-state index is -3.60. The van der Waals surface area contributed by atoms with Crippen molar-refractivity contribution in [3.63, 3.8) is 0 Å². The minimum Gasteiger partial charge on any atom is -0.368 e. The van der Waals surface area contributed by atoms with Crippen LogP contribution in [0.1, 0.15) is 20.7 Å². The van der Waals surface area contributed by atoms with Crippen LogP contribution in [-0.4, -0.2) is 50.7 Å². The molecule has 0 unspecified atom stereocenters. The maximum Gasteiger partial charge on any atom is 0.265 e. The van der Waals surface area contributed by atoms with Crippen LogP contribution in [0.4, 0.5) is 11.4 Å². The Labute approximate surface area is 233 Å². The second-order valence-corrected chi connectivity index (χ2v) is 12.4. The number of rotatable bonds is 4. The van der Waals surface area contributed by atoms with Crippen molar-refractivity contribution in [2.75, 3.05) is 36.0 Å². The molecule has 2 amide bonds. The number of benzene rings is 4. The van der Waals surface area contributed by atoms with Crippen molar-refractivity contribution in [2.24, 2.45) is 0 Å². The maximum absolute atomic E-state index is 13.5. The van der Waals surface area contributed by atoms with Crippen LogP contribution < -0.4 is 9.80 Å². The molecule has 1 fully saturated rings. The van der Waals surface area contributed by atoms with Crippen molar-refractivity contribution in [3.05, 3.63) is 99.5 Å². The molecule has 10 heteroatoms. The first-order valence-electron chi connectivity index (χ1n) is 12.0. The lowest BCUT2D eigenvalue weighted by Gasteiger charge is -2.36. The Morgan fingerprint density at radius 2 is 1.37 bits per heavy atom. The summed E-state index contributed by atoms with van der Waals surface area (Å²) in [5.74, 6) is -0.782. The zero-order valence-electron chi connectivity index (χ0n) is 20.0. The SMILES string of the molecule is O=C1c2cccc3c(N4CCN(S(=O)(=O)c5ccc(Br)cc5)CC4)ccc(c23)C(=O)N1c1ccc(Cl)cc1. The third-order valence-electron chi connectivity index (χ3n) is 7.00. The summed E-state index contributed by atoms with van der Waals surface area (Å²) in [5, 5.41) is 1.93. The molecule has 192 valence electrons. The highest BCUT2D eigenvalue weighted by molar-refractivity contribution is 9.10. The van der Waals surface area contributed by atoms with Gasteiger partial charge in [0.1, 0.15) is 0 Å². The third kappa shape index (κ3) is 4.10. The van der Waals surface area contributed by atoms with Gasteiger partial charge in [0.25, 0.3) is 11.8 Å². The number of nitrogens with zero attached hydrogens (tertiary/aromatic N) is 3. The van der Waals surface area contributed by atoms with Crippen molar-refractivity contribution < 1.29 is 18.0 Å². The Morgan fingerprint density at radius 3 is 2.03 bits per heavy atom. The molecule has 7 nitrogen and oxygen atoms in total. The average Bonchev–Trinajstić information content (AvgIpc) is 2.93. The Balaban J connectivity index is 1.31. The molecule has 0 N–H and O–H groups in total. The number of hydrogen-bond donors (Lipinski definition) is 0. The van der Waals surface area contributed by atoms with Gasteiger partial charge in [-0.25, -0.2) is 13.3 Å². The highest BCUT2D eigenvalue weighted by Gasteiger charge is 2.35. The number of amides is 2. The Bertz CT molecular complexity index is 1680. The van der Waals surface area contributed by atoms with Gasteiger partial charge in [-0.2, -0.15) is 4.31 Å². The van der Waals surface area contributed by atoms with Crippen molar-refractivity contribution in [2.45, 2.75) is 4.90 Å². The second-order valence-electron chi connectivity index (χ2n) is 9.13. The topological polar surface area (TPSA) is 78.0 Å². The minimum absolute atomic E-state index is 0.262. The van der Waals surface area contributed by atoms with E-state index in [0.29, 0.717) is 53.4 Å². The normalized spacial score (nSPS) is 16.4. The first-order chi connectivity index (χ1) is 18.3. The Hall–Kier alpha value is -3.24. The van der Waals surface area contributed by atoms with Gasteiger partial charge in [-0.1, -0.05) is 39.7 Å². The molecule has 0 aromatic heterocycles. The third-order valence-corrected chi connectivity index (χ3v) is 9.69. The average molecular weight is 611 g/mol. The van der Waals surface area contributed by atoms with Gasteiger partial charge in [-0.3, -0.25) is 9.59 Å². The molecule has 0 aliphatic carbocycles. The highest BCUT2D eigenvalue weighted by Crippen LogP contribution is 2.38. The largest absolute Gasteiger partial charge is 0.368 e. The molecule has 1 saturated heterocycles.